The van der Waals surface area contributed by atoms with Gasteiger partial charge < -0.3 is 0 Å². The monoisotopic (exact) mass is 233 g/mol. The lowest BCUT2D eigenvalue weighted by atomic mass is 10.4. The molecule has 0 saturated heterocycles. The van der Waals surface area contributed by atoms with E-state index in [0.29, 0.717) is 0 Å². The Balaban J connectivity index is 1.94. The largest absolute Gasteiger partial charge is 0.255 e. The molecular weight excluding hydrogens is 226 g/mol. The summed E-state index contributed by atoms with van der Waals surface area (Å²) in [6, 6.07) is 3.93. The van der Waals surface area contributed by atoms with Gasteiger partial charge in [0.05, 0.1) is 0 Å². The first-order valence-corrected chi connectivity index (χ1v) is 6.09. The van der Waals surface area contributed by atoms with E-state index in [1.807, 2.05) is 16.6 Å². The Bertz CT molecular complexity index is 492. The Labute approximate surface area is 95.6 Å². The molecule has 0 radical (unpaired) electrons. The van der Waals surface area contributed by atoms with Crippen LogP contribution in [0.3, 0.4) is 0 Å². The predicted molar refractivity (Wildman–Crippen MR) is 63.7 cm³/mol. The van der Waals surface area contributed by atoms with E-state index in [-0.39, 0.29) is 0 Å². The molecule has 3 rings (SSSR count). The first kappa shape index (κ1) is 8.94. The summed E-state index contributed by atoms with van der Waals surface area (Å²) in [5.74, 6) is 0.718. The van der Waals surface area contributed by atoms with Gasteiger partial charge in [0.2, 0.25) is 5.95 Å². The Kier molecular flexibility index (Phi) is 2.19. The maximum atomic E-state index is 4.21. The second-order valence-corrected chi connectivity index (χ2v) is 4.89. The van der Waals surface area contributed by atoms with Crippen molar-refractivity contribution in [2.24, 2.45) is 0 Å². The van der Waals surface area contributed by atoms with Gasteiger partial charge in [0.25, 0.3) is 0 Å². The predicted octanol–water partition coefficient (Wildman–Crippen LogP) is 3.04. The first-order valence-electron chi connectivity index (χ1n) is 4.43. The van der Waals surface area contributed by atoms with Gasteiger partial charge in [-0.05, 0) is 35.5 Å². The third-order valence-electron chi connectivity index (χ3n) is 1.96. The van der Waals surface area contributed by atoms with Crippen molar-refractivity contribution in [3.63, 3.8) is 0 Å². The lowest BCUT2D eigenvalue weighted by Crippen LogP contribution is -2.10. The highest BCUT2D eigenvalue weighted by atomic mass is 32.2. The topological polar surface area (TPSA) is 29.0 Å². The SMILES string of the molecule is C1=CN(c2ncccn2)Sc2ccsc21. The van der Waals surface area contributed by atoms with E-state index >= 15 is 0 Å². The fourth-order valence-corrected chi connectivity index (χ4v) is 3.10. The highest BCUT2D eigenvalue weighted by Gasteiger charge is 2.15. The van der Waals surface area contributed by atoms with Crippen LogP contribution in [0.4, 0.5) is 5.95 Å². The van der Waals surface area contributed by atoms with E-state index in [2.05, 4.69) is 27.5 Å². The highest BCUT2D eigenvalue weighted by molar-refractivity contribution is 8.01. The number of thiophene rings is 1. The average Bonchev–Trinajstić information content (AvgIpc) is 2.77. The van der Waals surface area contributed by atoms with Gasteiger partial charge in [0.1, 0.15) is 0 Å². The zero-order valence-electron chi connectivity index (χ0n) is 7.70. The maximum Gasteiger partial charge on any atom is 0.239 e. The van der Waals surface area contributed by atoms with Gasteiger partial charge in [0, 0.05) is 28.4 Å². The molecule has 74 valence electrons. The fourth-order valence-electron chi connectivity index (χ4n) is 1.29. The van der Waals surface area contributed by atoms with E-state index in [1.54, 1.807) is 35.7 Å². The summed E-state index contributed by atoms with van der Waals surface area (Å²) in [4.78, 5) is 11.0. The quantitative estimate of drug-likeness (QED) is 0.708. The Morgan fingerprint density at radius 2 is 2.07 bits per heavy atom. The second kappa shape index (κ2) is 3.67. The Hall–Kier alpha value is -1.33. The molecule has 15 heavy (non-hydrogen) atoms. The van der Waals surface area contributed by atoms with Crippen LogP contribution >= 0.6 is 23.3 Å². The van der Waals surface area contributed by atoms with E-state index < -0.39 is 0 Å². The average molecular weight is 233 g/mol. The fraction of sp³-hybridized carbons (Fsp3) is 0. The Morgan fingerprint density at radius 1 is 1.20 bits per heavy atom. The van der Waals surface area contributed by atoms with Crippen LogP contribution in [0.5, 0.6) is 0 Å². The van der Waals surface area contributed by atoms with Gasteiger partial charge >= 0.3 is 0 Å². The number of aromatic nitrogens is 2. The van der Waals surface area contributed by atoms with E-state index in [9.17, 15) is 0 Å². The van der Waals surface area contributed by atoms with Crippen LogP contribution in [0.1, 0.15) is 4.88 Å². The number of hydrogen-bond donors (Lipinski definition) is 0. The third-order valence-corrected chi connectivity index (χ3v) is 4.01. The zero-order chi connectivity index (χ0) is 10.1. The van der Waals surface area contributed by atoms with Crippen LogP contribution < -0.4 is 4.31 Å². The summed E-state index contributed by atoms with van der Waals surface area (Å²) < 4.78 is 1.97. The van der Waals surface area contributed by atoms with Gasteiger partial charge in [-0.1, -0.05) is 0 Å². The van der Waals surface area contributed by atoms with Crippen LogP contribution in [0.25, 0.3) is 6.08 Å². The van der Waals surface area contributed by atoms with Crippen molar-refractivity contribution in [3.05, 3.63) is 41.0 Å². The van der Waals surface area contributed by atoms with Gasteiger partial charge in [0.15, 0.2) is 0 Å². The molecule has 0 bridgehead atoms. The molecule has 0 fully saturated rings. The normalized spacial score (nSPS) is 14.0. The van der Waals surface area contributed by atoms with Crippen molar-refractivity contribution < 1.29 is 0 Å². The molecule has 1 aliphatic heterocycles. The first-order chi connectivity index (χ1) is 7.43. The molecule has 0 atom stereocenters. The second-order valence-electron chi connectivity index (χ2n) is 2.93. The van der Waals surface area contributed by atoms with E-state index in [0.717, 1.165) is 5.95 Å². The number of nitrogens with zero attached hydrogens (tertiary/aromatic N) is 3. The van der Waals surface area contributed by atoms with Crippen LogP contribution in [0.15, 0.2) is 41.0 Å². The summed E-state index contributed by atoms with van der Waals surface area (Å²) in [7, 11) is 0. The van der Waals surface area contributed by atoms with Crippen LogP contribution in [0.2, 0.25) is 0 Å². The van der Waals surface area contributed by atoms with Gasteiger partial charge in [-0.2, -0.15) is 0 Å². The summed E-state index contributed by atoms with van der Waals surface area (Å²) in [6.45, 7) is 0. The zero-order valence-corrected chi connectivity index (χ0v) is 9.33. The molecule has 3 heterocycles. The van der Waals surface area contributed by atoms with E-state index in [1.165, 1.54) is 9.77 Å². The van der Waals surface area contributed by atoms with Crippen LogP contribution in [-0.2, 0) is 0 Å². The molecule has 0 spiro atoms. The smallest absolute Gasteiger partial charge is 0.239 e. The minimum atomic E-state index is 0.718. The lowest BCUT2D eigenvalue weighted by molar-refractivity contribution is 1.12. The van der Waals surface area contributed by atoms with Gasteiger partial charge in [-0.15, -0.1) is 11.3 Å². The molecule has 0 unspecified atom stereocenters. The molecule has 0 saturated carbocycles. The molecule has 2 aromatic heterocycles. The number of rotatable bonds is 1. The minimum absolute atomic E-state index is 0.718. The number of anilines is 1. The van der Waals surface area contributed by atoms with Crippen molar-refractivity contribution >= 4 is 35.3 Å². The molecule has 0 aromatic carbocycles. The molecule has 2 aromatic rings. The van der Waals surface area contributed by atoms with E-state index in [4.69, 9.17) is 0 Å². The van der Waals surface area contributed by atoms with Gasteiger partial charge in [-0.25, -0.2) is 9.97 Å². The van der Waals surface area contributed by atoms with Crippen LogP contribution in [0, 0.1) is 0 Å². The van der Waals surface area contributed by atoms with Crippen LogP contribution in [-0.4, -0.2) is 9.97 Å². The molecule has 1 aliphatic rings. The molecule has 3 nitrogen and oxygen atoms in total. The van der Waals surface area contributed by atoms with Crippen molar-refractivity contribution in [3.8, 4) is 0 Å². The van der Waals surface area contributed by atoms with Crippen molar-refractivity contribution in [2.75, 3.05) is 4.31 Å². The number of fused-ring (bicyclic) bond motifs is 1. The summed E-state index contributed by atoms with van der Waals surface area (Å²) in [5.41, 5.74) is 0. The lowest BCUT2D eigenvalue weighted by Gasteiger charge is -2.19. The third kappa shape index (κ3) is 1.64. The molecule has 0 N–H and O–H groups in total. The summed E-state index contributed by atoms with van der Waals surface area (Å²) in [5, 5.41) is 2.09. The van der Waals surface area contributed by atoms with Crippen molar-refractivity contribution in [1.82, 2.24) is 9.97 Å². The molecule has 0 aliphatic carbocycles. The summed E-state index contributed by atoms with van der Waals surface area (Å²) >= 11 is 3.40. The summed E-state index contributed by atoms with van der Waals surface area (Å²) in [6.07, 6.45) is 7.59. The van der Waals surface area contributed by atoms with Crippen molar-refractivity contribution in [1.29, 1.82) is 0 Å². The standard InChI is InChI=1S/C10H7N3S2/c1-4-11-10(12-5-1)13-6-2-8-9(15-13)3-7-14-8/h1-7H. The highest BCUT2D eigenvalue weighted by Crippen LogP contribution is 2.36. The molecule has 0 amide bonds. The minimum Gasteiger partial charge on any atom is -0.255 e. The van der Waals surface area contributed by atoms with Crippen molar-refractivity contribution in [2.45, 2.75) is 4.90 Å². The molecule has 5 heteroatoms. The molecular formula is C10H7N3S2. The van der Waals surface area contributed by atoms with Gasteiger partial charge in [-0.3, -0.25) is 4.31 Å². The Morgan fingerprint density at radius 3 is 2.93 bits per heavy atom. The maximum absolute atomic E-state index is 4.21. The number of hydrogen-bond acceptors (Lipinski definition) is 5.